The van der Waals surface area contributed by atoms with Crippen molar-refractivity contribution in [3.8, 4) is 5.82 Å². The number of hydrogen-bond acceptors (Lipinski definition) is 8. The number of anilines is 3. The molecule has 0 saturated carbocycles. The van der Waals surface area contributed by atoms with Crippen molar-refractivity contribution in [2.24, 2.45) is 0 Å². The summed E-state index contributed by atoms with van der Waals surface area (Å²) < 4.78 is 28.3. The molecule has 1 atom stereocenters. The predicted molar refractivity (Wildman–Crippen MR) is 112 cm³/mol. The number of nitrogens with zero attached hydrogens (tertiary/aromatic N) is 5. The molecule has 13 heteroatoms. The number of alkyl halides is 2. The molecular weight excluding hydrogens is 432 g/mol. The minimum atomic E-state index is -2.85. The van der Waals surface area contributed by atoms with Gasteiger partial charge in [0.2, 0.25) is 5.95 Å². The van der Waals surface area contributed by atoms with Crippen LogP contribution < -0.4 is 22.3 Å². The van der Waals surface area contributed by atoms with Crippen molar-refractivity contribution in [2.45, 2.75) is 19.4 Å². The van der Waals surface area contributed by atoms with Crippen molar-refractivity contribution >= 4 is 40.1 Å². The molecule has 6 N–H and O–H groups in total. The third kappa shape index (κ3) is 3.61. The second-order valence-corrected chi connectivity index (χ2v) is 6.96. The quantitative estimate of drug-likeness (QED) is 0.364. The van der Waals surface area contributed by atoms with Crippen LogP contribution in [0.5, 0.6) is 0 Å². The first kappa shape index (κ1) is 20.5. The van der Waals surface area contributed by atoms with Gasteiger partial charge >= 0.3 is 0 Å². The zero-order valence-corrected chi connectivity index (χ0v) is 16.7. The van der Waals surface area contributed by atoms with Crippen LogP contribution in [0.3, 0.4) is 0 Å². The van der Waals surface area contributed by atoms with Gasteiger partial charge in [0.15, 0.2) is 11.6 Å². The number of aromatic nitrogens is 6. The lowest BCUT2D eigenvalue weighted by Gasteiger charge is -2.20. The largest absolute Gasteiger partial charge is 0.382 e. The molecule has 0 saturated heterocycles. The summed E-state index contributed by atoms with van der Waals surface area (Å²) in [6.45, 7) is 1.68. The molecule has 0 spiro atoms. The van der Waals surface area contributed by atoms with Gasteiger partial charge in [-0.25, -0.2) is 18.3 Å². The number of nitrogens with two attached hydrogens (primary N) is 2. The number of halogens is 3. The summed E-state index contributed by atoms with van der Waals surface area (Å²) in [6, 6.07) is 4.93. The summed E-state index contributed by atoms with van der Waals surface area (Å²) in [7, 11) is 0. The number of rotatable bonds is 5. The Morgan fingerprint density at radius 2 is 1.97 bits per heavy atom. The monoisotopic (exact) mass is 447 g/mol. The van der Waals surface area contributed by atoms with Crippen LogP contribution in [0.15, 0.2) is 35.3 Å². The molecule has 1 aromatic carbocycles. The Morgan fingerprint density at radius 3 is 2.65 bits per heavy atom. The smallest absolute Gasteiger partial charge is 0.267 e. The zero-order chi connectivity index (χ0) is 22.3. The molecule has 0 amide bonds. The van der Waals surface area contributed by atoms with E-state index in [2.05, 4.69) is 30.5 Å². The Labute approximate surface area is 178 Å². The number of nitrogens with one attached hydrogen (secondary N) is 2. The van der Waals surface area contributed by atoms with E-state index in [1.165, 1.54) is 30.5 Å². The van der Waals surface area contributed by atoms with E-state index in [1.54, 1.807) is 6.92 Å². The first-order chi connectivity index (χ1) is 14.8. The highest BCUT2D eigenvalue weighted by Gasteiger charge is 2.24. The maximum atomic E-state index is 13.6. The maximum Gasteiger partial charge on any atom is 0.267 e. The Bertz CT molecular complexity index is 1320. The second kappa shape index (κ2) is 7.80. The summed E-state index contributed by atoms with van der Waals surface area (Å²) >= 11 is 6.16. The average Bonchev–Trinajstić information content (AvgIpc) is 3.25. The highest BCUT2D eigenvalue weighted by molar-refractivity contribution is 6.35. The summed E-state index contributed by atoms with van der Waals surface area (Å²) in [5.41, 5.74) is 10.4. The fourth-order valence-electron chi connectivity index (χ4n) is 3.19. The molecule has 3 heterocycles. The molecule has 0 aliphatic heterocycles. The van der Waals surface area contributed by atoms with Crippen molar-refractivity contribution in [1.29, 1.82) is 0 Å². The van der Waals surface area contributed by atoms with Crippen molar-refractivity contribution in [1.82, 2.24) is 29.7 Å². The van der Waals surface area contributed by atoms with Gasteiger partial charge in [0, 0.05) is 17.8 Å². The number of H-pyrrole nitrogens is 1. The Hall–Kier alpha value is -3.80. The molecule has 0 unspecified atom stereocenters. The molecule has 3 aromatic heterocycles. The fraction of sp³-hybridized carbons (Fsp3) is 0.167. The van der Waals surface area contributed by atoms with Crippen LogP contribution in [0.2, 0.25) is 5.02 Å². The van der Waals surface area contributed by atoms with Gasteiger partial charge < -0.3 is 16.8 Å². The third-order valence-electron chi connectivity index (χ3n) is 4.54. The molecule has 0 aliphatic rings. The van der Waals surface area contributed by atoms with Crippen LogP contribution in [0.1, 0.15) is 30.8 Å². The topological polar surface area (TPSA) is 153 Å². The molecule has 0 aliphatic carbocycles. The second-order valence-electron chi connectivity index (χ2n) is 6.58. The van der Waals surface area contributed by atoms with Gasteiger partial charge in [0.25, 0.3) is 12.0 Å². The highest BCUT2D eigenvalue weighted by atomic mass is 35.5. The van der Waals surface area contributed by atoms with Crippen LogP contribution in [-0.2, 0) is 0 Å². The number of benzene rings is 1. The van der Waals surface area contributed by atoms with Crippen LogP contribution in [0, 0.1) is 0 Å². The van der Waals surface area contributed by atoms with E-state index in [9.17, 15) is 13.6 Å². The summed E-state index contributed by atoms with van der Waals surface area (Å²) in [5, 5.41) is 9.45. The maximum absolute atomic E-state index is 13.6. The molecule has 0 radical (unpaired) electrons. The van der Waals surface area contributed by atoms with E-state index >= 15 is 0 Å². The van der Waals surface area contributed by atoms with Gasteiger partial charge in [-0.05, 0) is 13.0 Å². The number of aromatic amines is 1. The van der Waals surface area contributed by atoms with Gasteiger partial charge in [-0.2, -0.15) is 15.1 Å². The van der Waals surface area contributed by atoms with Gasteiger partial charge in [0.05, 0.1) is 16.9 Å². The van der Waals surface area contributed by atoms with E-state index < -0.39 is 23.6 Å². The van der Waals surface area contributed by atoms with Crippen LogP contribution in [0.4, 0.5) is 26.4 Å². The lowest BCUT2D eigenvalue weighted by atomic mass is 10.1. The van der Waals surface area contributed by atoms with Crippen molar-refractivity contribution in [3.63, 3.8) is 0 Å². The molecule has 10 nitrogen and oxygen atoms in total. The fourth-order valence-corrected chi connectivity index (χ4v) is 3.33. The number of fused-ring (bicyclic) bond motifs is 1. The third-order valence-corrected chi connectivity index (χ3v) is 4.91. The van der Waals surface area contributed by atoms with Crippen LogP contribution in [0.25, 0.3) is 16.7 Å². The van der Waals surface area contributed by atoms with E-state index in [-0.39, 0.29) is 45.2 Å². The normalized spacial score (nSPS) is 12.4. The molecular formula is C18H16ClF2N9O. The molecule has 31 heavy (non-hydrogen) atoms. The summed E-state index contributed by atoms with van der Waals surface area (Å²) in [6.07, 6.45) is -1.35. The Morgan fingerprint density at radius 1 is 1.19 bits per heavy atom. The van der Waals surface area contributed by atoms with E-state index in [4.69, 9.17) is 23.1 Å². The minimum Gasteiger partial charge on any atom is -0.382 e. The summed E-state index contributed by atoms with van der Waals surface area (Å²) in [4.78, 5) is 25.6. The minimum absolute atomic E-state index is 0.0263. The van der Waals surface area contributed by atoms with Crippen molar-refractivity contribution in [3.05, 3.63) is 57.2 Å². The number of nitrogen functional groups attached to an aromatic ring is 2. The van der Waals surface area contributed by atoms with Gasteiger partial charge in [-0.15, -0.1) is 0 Å². The van der Waals surface area contributed by atoms with E-state index in [1.807, 2.05) is 0 Å². The predicted octanol–water partition coefficient (Wildman–Crippen LogP) is 2.83. The Kier molecular flexibility index (Phi) is 5.15. The first-order valence-corrected chi connectivity index (χ1v) is 9.34. The van der Waals surface area contributed by atoms with Crippen LogP contribution >= 0.6 is 11.6 Å². The molecule has 160 valence electrons. The molecule has 0 bridgehead atoms. The van der Waals surface area contributed by atoms with E-state index in [0.29, 0.717) is 0 Å². The Balaban J connectivity index is 1.93. The van der Waals surface area contributed by atoms with Gasteiger partial charge in [-0.3, -0.25) is 9.89 Å². The average molecular weight is 448 g/mol. The van der Waals surface area contributed by atoms with Crippen molar-refractivity contribution < 1.29 is 8.78 Å². The lowest BCUT2D eigenvalue weighted by Crippen LogP contribution is -2.28. The molecule has 4 aromatic rings. The van der Waals surface area contributed by atoms with E-state index in [0.717, 1.165) is 4.57 Å². The van der Waals surface area contributed by atoms with Crippen LogP contribution in [-0.4, -0.2) is 29.7 Å². The molecule has 4 rings (SSSR count). The first-order valence-electron chi connectivity index (χ1n) is 8.96. The molecule has 0 fully saturated rings. The number of hydrogen-bond donors (Lipinski definition) is 4. The SMILES string of the molecule is C[C@H](Nc1nc(N)nc(N)c1Cl)c1nc2cccc(C(F)F)c2c(=O)n1-c1cc[nH]n1. The van der Waals surface area contributed by atoms with Crippen molar-refractivity contribution in [2.75, 3.05) is 16.8 Å². The van der Waals surface area contributed by atoms with Gasteiger partial charge in [-0.1, -0.05) is 23.7 Å². The lowest BCUT2D eigenvalue weighted by molar-refractivity contribution is 0.153. The zero-order valence-electron chi connectivity index (χ0n) is 16.0. The highest BCUT2D eigenvalue weighted by Crippen LogP contribution is 2.30. The standard InChI is InChI=1S/C18H16ClF2N9O/c1-7(25-15-12(19)14(22)27-18(23)28-15)16-26-9-4-2-3-8(13(20)21)11(9)17(31)30(16)10-5-6-24-29-10/h2-7,13H,1H3,(H,24,29)(H5,22,23,25,27,28)/t7-/m0/s1. The van der Waals surface area contributed by atoms with Gasteiger partial charge in [0.1, 0.15) is 16.7 Å². The summed E-state index contributed by atoms with van der Waals surface area (Å²) in [5.74, 6) is 0.363.